The lowest BCUT2D eigenvalue weighted by molar-refractivity contribution is 0.00578. The summed E-state index contributed by atoms with van der Waals surface area (Å²) in [5.41, 5.74) is -0.266. The molecule has 0 unspecified atom stereocenters. The Hall–Kier alpha value is -2.06. The Morgan fingerprint density at radius 2 is 1.69 bits per heavy atom. The summed E-state index contributed by atoms with van der Waals surface area (Å²) in [6, 6.07) is 7.26. The zero-order valence-electron chi connectivity index (χ0n) is 18.3. The number of hydrogen-bond acceptors (Lipinski definition) is 5. The van der Waals surface area contributed by atoms with Gasteiger partial charge >= 0.3 is 13.2 Å². The molecule has 1 amide bonds. The number of carbonyl (C=O) groups is 1. The van der Waals surface area contributed by atoms with Crippen molar-refractivity contribution in [2.75, 3.05) is 13.2 Å². The Labute approximate surface area is 172 Å². The van der Waals surface area contributed by atoms with Crippen LogP contribution in [0.3, 0.4) is 0 Å². The topological polar surface area (TPSA) is 66.0 Å². The van der Waals surface area contributed by atoms with Crippen molar-refractivity contribution in [3.63, 3.8) is 0 Å². The molecule has 1 aliphatic rings. The fourth-order valence-electron chi connectivity index (χ4n) is 2.50. The van der Waals surface area contributed by atoms with Gasteiger partial charge in [-0.15, -0.1) is 0 Å². The van der Waals surface area contributed by atoms with Gasteiger partial charge in [0.25, 0.3) is 0 Å². The minimum absolute atomic E-state index is 0.00212. The van der Waals surface area contributed by atoms with E-state index in [0.29, 0.717) is 12.1 Å². The van der Waals surface area contributed by atoms with Gasteiger partial charge in [0.05, 0.1) is 17.5 Å². The van der Waals surface area contributed by atoms with Gasteiger partial charge in [0.2, 0.25) is 0 Å². The fourth-order valence-corrected chi connectivity index (χ4v) is 2.50. The molecule has 1 aliphatic heterocycles. The van der Waals surface area contributed by atoms with E-state index in [-0.39, 0.29) is 18.7 Å². The molecule has 0 aromatic heterocycles. The molecular formula is C21H31BFNO5. The van der Waals surface area contributed by atoms with Gasteiger partial charge in [-0.3, -0.25) is 0 Å². The lowest BCUT2D eigenvalue weighted by atomic mass is 9.79. The summed E-state index contributed by atoms with van der Waals surface area (Å²) in [6.07, 6.45) is -0.181. The Morgan fingerprint density at radius 3 is 2.17 bits per heavy atom. The standard InChI is InChI=1S/C21H31BFNO5/c1-19(2,3)27-18(25)24-13-15(12-23)14-26-17-10-8-16(9-11-17)22-28-20(4,5)21(6,7)29-22/h8-12H,13-14H2,1-7H3,(H,24,25)/b15-12-. The molecule has 29 heavy (non-hydrogen) atoms. The monoisotopic (exact) mass is 407 g/mol. The second kappa shape index (κ2) is 8.75. The maximum Gasteiger partial charge on any atom is 0.494 e. The molecule has 0 aliphatic carbocycles. The number of benzene rings is 1. The van der Waals surface area contributed by atoms with E-state index in [1.165, 1.54) is 0 Å². The van der Waals surface area contributed by atoms with Crippen molar-refractivity contribution < 1.29 is 28.0 Å². The maximum absolute atomic E-state index is 13.1. The fraction of sp³-hybridized carbons (Fsp3) is 0.571. The van der Waals surface area contributed by atoms with Crippen molar-refractivity contribution in [2.24, 2.45) is 0 Å². The number of alkyl carbamates (subject to hydrolysis) is 1. The molecule has 1 saturated heterocycles. The van der Waals surface area contributed by atoms with Crippen LogP contribution in [0.5, 0.6) is 5.75 Å². The smallest absolute Gasteiger partial charge is 0.489 e. The van der Waals surface area contributed by atoms with Crippen LogP contribution in [0.15, 0.2) is 36.2 Å². The average molecular weight is 407 g/mol. The molecule has 160 valence electrons. The molecule has 0 bridgehead atoms. The number of halogens is 1. The third kappa shape index (κ3) is 6.47. The highest BCUT2D eigenvalue weighted by Crippen LogP contribution is 2.36. The van der Waals surface area contributed by atoms with Crippen molar-refractivity contribution in [3.05, 3.63) is 36.2 Å². The minimum atomic E-state index is -0.612. The van der Waals surface area contributed by atoms with Crippen molar-refractivity contribution in [3.8, 4) is 5.75 Å². The summed E-state index contributed by atoms with van der Waals surface area (Å²) in [5.74, 6) is 0.571. The van der Waals surface area contributed by atoms with Crippen LogP contribution in [0, 0.1) is 0 Å². The third-order valence-corrected chi connectivity index (χ3v) is 4.84. The van der Waals surface area contributed by atoms with E-state index in [1.807, 2.05) is 39.8 Å². The minimum Gasteiger partial charge on any atom is -0.489 e. The van der Waals surface area contributed by atoms with Crippen LogP contribution >= 0.6 is 0 Å². The van der Waals surface area contributed by atoms with E-state index < -0.39 is 30.0 Å². The average Bonchev–Trinajstić information content (AvgIpc) is 2.81. The van der Waals surface area contributed by atoms with Crippen LogP contribution in [0.1, 0.15) is 48.5 Å². The normalized spacial score (nSPS) is 18.5. The Balaban J connectivity index is 1.86. The quantitative estimate of drug-likeness (QED) is 0.728. The zero-order valence-corrected chi connectivity index (χ0v) is 18.3. The van der Waals surface area contributed by atoms with E-state index in [2.05, 4.69) is 5.32 Å². The van der Waals surface area contributed by atoms with E-state index in [9.17, 15) is 9.18 Å². The summed E-state index contributed by atoms with van der Waals surface area (Å²) >= 11 is 0. The SMILES string of the molecule is CC(C)(C)OC(=O)NC/C(=C/F)COc1ccc(B2OC(C)(C)C(C)(C)O2)cc1. The van der Waals surface area contributed by atoms with Gasteiger partial charge in [0, 0.05) is 12.1 Å². The van der Waals surface area contributed by atoms with Gasteiger partial charge < -0.3 is 24.1 Å². The van der Waals surface area contributed by atoms with Crippen LogP contribution in [0.4, 0.5) is 9.18 Å². The zero-order chi connectivity index (χ0) is 21.9. The predicted octanol–water partition coefficient (Wildman–Crippen LogP) is 3.74. The van der Waals surface area contributed by atoms with Crippen molar-refractivity contribution in [1.29, 1.82) is 0 Å². The van der Waals surface area contributed by atoms with E-state index in [1.54, 1.807) is 32.9 Å². The van der Waals surface area contributed by atoms with Gasteiger partial charge in [-0.05, 0) is 66.1 Å². The Morgan fingerprint density at radius 1 is 1.14 bits per heavy atom. The van der Waals surface area contributed by atoms with Crippen LogP contribution < -0.4 is 15.5 Å². The first-order chi connectivity index (χ1) is 13.3. The molecule has 0 atom stereocenters. The summed E-state index contributed by atoms with van der Waals surface area (Å²) < 4.78 is 35.9. The number of carbonyl (C=O) groups excluding carboxylic acids is 1. The maximum atomic E-state index is 13.1. The summed E-state index contributed by atoms with van der Waals surface area (Å²) in [4.78, 5) is 11.7. The molecule has 0 radical (unpaired) electrons. The van der Waals surface area contributed by atoms with Crippen molar-refractivity contribution >= 4 is 18.7 Å². The molecule has 1 heterocycles. The lowest BCUT2D eigenvalue weighted by Gasteiger charge is -2.32. The molecule has 2 rings (SSSR count). The Bertz CT molecular complexity index is 724. The molecule has 1 aromatic rings. The van der Waals surface area contributed by atoms with Crippen molar-refractivity contribution in [2.45, 2.75) is 65.3 Å². The molecule has 0 saturated carbocycles. The second-order valence-corrected chi connectivity index (χ2v) is 9.07. The summed E-state index contributed by atoms with van der Waals surface area (Å²) in [5, 5.41) is 2.51. The number of hydrogen-bond donors (Lipinski definition) is 1. The van der Waals surface area contributed by atoms with Gasteiger partial charge in [-0.1, -0.05) is 12.1 Å². The van der Waals surface area contributed by atoms with E-state index in [0.717, 1.165) is 5.46 Å². The van der Waals surface area contributed by atoms with E-state index >= 15 is 0 Å². The molecule has 6 nitrogen and oxygen atoms in total. The molecule has 1 aromatic carbocycles. The van der Waals surface area contributed by atoms with Crippen molar-refractivity contribution in [1.82, 2.24) is 5.32 Å². The van der Waals surface area contributed by atoms with Crippen LogP contribution in [-0.2, 0) is 14.0 Å². The van der Waals surface area contributed by atoms with Crippen LogP contribution in [-0.4, -0.2) is 43.2 Å². The van der Waals surface area contributed by atoms with Gasteiger partial charge in [-0.2, -0.15) is 0 Å². The summed E-state index contributed by atoms with van der Waals surface area (Å²) in [7, 11) is -0.451. The second-order valence-electron chi connectivity index (χ2n) is 9.07. The molecular weight excluding hydrogens is 376 g/mol. The number of nitrogens with one attached hydrogen (secondary N) is 1. The van der Waals surface area contributed by atoms with Gasteiger partial charge in [0.15, 0.2) is 0 Å². The van der Waals surface area contributed by atoms with E-state index in [4.69, 9.17) is 18.8 Å². The first-order valence-electron chi connectivity index (χ1n) is 9.66. The highest BCUT2D eigenvalue weighted by molar-refractivity contribution is 6.62. The lowest BCUT2D eigenvalue weighted by Crippen LogP contribution is -2.41. The first-order valence-corrected chi connectivity index (χ1v) is 9.66. The largest absolute Gasteiger partial charge is 0.494 e. The first kappa shape index (κ1) is 23.2. The van der Waals surface area contributed by atoms with Gasteiger partial charge in [-0.25, -0.2) is 9.18 Å². The van der Waals surface area contributed by atoms with Gasteiger partial charge in [0.1, 0.15) is 18.0 Å². The third-order valence-electron chi connectivity index (χ3n) is 4.84. The molecule has 0 spiro atoms. The van der Waals surface area contributed by atoms with Crippen LogP contribution in [0.2, 0.25) is 0 Å². The molecule has 1 N–H and O–H groups in total. The molecule has 1 fully saturated rings. The Kier molecular flexibility index (Phi) is 7.01. The highest BCUT2D eigenvalue weighted by atomic mass is 19.1. The summed E-state index contributed by atoms with van der Waals surface area (Å²) in [6.45, 7) is 13.3. The highest BCUT2D eigenvalue weighted by Gasteiger charge is 2.51. The number of ether oxygens (including phenoxy) is 2. The number of amides is 1. The number of rotatable bonds is 6. The molecule has 8 heteroatoms. The predicted molar refractivity (Wildman–Crippen MR) is 111 cm³/mol. The van der Waals surface area contributed by atoms with Crippen LogP contribution in [0.25, 0.3) is 0 Å².